The molecule has 2 aromatic carbocycles. The minimum atomic E-state index is -4.50. The lowest BCUT2D eigenvalue weighted by molar-refractivity contribution is -0.137. The highest BCUT2D eigenvalue weighted by Gasteiger charge is 2.30. The van der Waals surface area contributed by atoms with Crippen molar-refractivity contribution in [3.63, 3.8) is 0 Å². The van der Waals surface area contributed by atoms with Crippen LogP contribution in [0.2, 0.25) is 0 Å². The monoisotopic (exact) mass is 517 g/mol. The van der Waals surface area contributed by atoms with Gasteiger partial charge in [-0.1, -0.05) is 18.2 Å². The maximum Gasteiger partial charge on any atom is 0.416 e. The minimum Gasteiger partial charge on any atom is -0.352 e. The molecule has 0 aliphatic carbocycles. The van der Waals surface area contributed by atoms with Crippen molar-refractivity contribution in [2.24, 2.45) is 0 Å². The van der Waals surface area contributed by atoms with Gasteiger partial charge in [0.05, 0.1) is 11.3 Å². The fourth-order valence-corrected chi connectivity index (χ4v) is 3.97. The van der Waals surface area contributed by atoms with Gasteiger partial charge in [0, 0.05) is 61.5 Å². The van der Waals surface area contributed by atoms with Gasteiger partial charge < -0.3 is 19.9 Å². The minimum absolute atomic E-state index is 0.0302. The zero-order chi connectivity index (χ0) is 26.7. The molecule has 0 saturated carbocycles. The number of carbonyl (C=O) groups is 1. The number of nitrogens with one attached hydrogen (secondary N) is 2. The number of rotatable bonds is 6. The summed E-state index contributed by atoms with van der Waals surface area (Å²) < 4.78 is 40.8. The summed E-state index contributed by atoms with van der Waals surface area (Å²) in [6.45, 7) is 0.596. The molecule has 5 rings (SSSR count). The van der Waals surface area contributed by atoms with Crippen LogP contribution >= 0.6 is 0 Å². The fraction of sp³-hybridized carbons (Fsp3) is 0.111. The molecular formula is C27H22F3N7O. The Morgan fingerprint density at radius 3 is 2.42 bits per heavy atom. The van der Waals surface area contributed by atoms with Crippen molar-refractivity contribution in [3.05, 3.63) is 103 Å². The number of halogens is 3. The Balaban J connectivity index is 1.37. The van der Waals surface area contributed by atoms with E-state index in [0.29, 0.717) is 29.4 Å². The number of carbonyl (C=O) groups excluding carboxylic acids is 1. The Kier molecular flexibility index (Phi) is 6.65. The molecule has 0 fully saturated rings. The lowest BCUT2D eigenvalue weighted by Crippen LogP contribution is -2.20. The zero-order valence-corrected chi connectivity index (χ0v) is 20.1. The number of hydrogen-bond acceptors (Lipinski definition) is 5. The summed E-state index contributed by atoms with van der Waals surface area (Å²) in [6.07, 6.45) is 4.33. The standard InChI is InChI=1S/C27H22F3N7O/c1-36(16-18-8-10-31-11-9-18)25-24-32-12-13-37(24)17-23(35-25)19-4-2-6-21(14-19)33-26(38)34-22-7-3-5-20(15-22)27(28,29)30/h2-15,17H,16H2,1H3,(H2,33,34,38). The van der Waals surface area contributed by atoms with Crippen molar-refractivity contribution in [1.29, 1.82) is 0 Å². The molecule has 0 aliphatic heterocycles. The van der Waals surface area contributed by atoms with Crippen LogP contribution in [0, 0.1) is 0 Å². The van der Waals surface area contributed by atoms with Crippen LogP contribution in [-0.2, 0) is 12.7 Å². The number of anilines is 3. The second-order valence-electron chi connectivity index (χ2n) is 8.56. The van der Waals surface area contributed by atoms with Crippen LogP contribution < -0.4 is 15.5 Å². The summed E-state index contributed by atoms with van der Waals surface area (Å²) in [4.78, 5) is 27.9. The largest absolute Gasteiger partial charge is 0.416 e. The highest BCUT2D eigenvalue weighted by Crippen LogP contribution is 2.31. The predicted octanol–water partition coefficient (Wildman–Crippen LogP) is 6.09. The van der Waals surface area contributed by atoms with Crippen LogP contribution in [0.5, 0.6) is 0 Å². The number of fused-ring (bicyclic) bond motifs is 1. The van der Waals surface area contributed by atoms with E-state index in [1.807, 2.05) is 46.9 Å². The van der Waals surface area contributed by atoms with Crippen LogP contribution in [0.25, 0.3) is 16.9 Å². The summed E-state index contributed by atoms with van der Waals surface area (Å²) in [6, 6.07) is 14.7. The number of imidazole rings is 1. The maximum atomic E-state index is 13.0. The average Bonchev–Trinajstić information content (AvgIpc) is 3.37. The molecule has 11 heteroatoms. The SMILES string of the molecule is CN(Cc1ccncc1)c1nc(-c2cccc(NC(=O)Nc3cccc(C(F)(F)F)c3)c2)cn2ccnc12. The molecule has 3 heterocycles. The molecule has 0 spiro atoms. The first-order valence-corrected chi connectivity index (χ1v) is 11.6. The van der Waals surface area contributed by atoms with Crippen molar-refractivity contribution in [2.75, 3.05) is 22.6 Å². The molecule has 2 N–H and O–H groups in total. The third kappa shape index (κ3) is 5.56. The van der Waals surface area contributed by atoms with E-state index in [-0.39, 0.29) is 5.69 Å². The highest BCUT2D eigenvalue weighted by molar-refractivity contribution is 6.00. The van der Waals surface area contributed by atoms with Crippen molar-refractivity contribution >= 4 is 28.9 Å². The van der Waals surface area contributed by atoms with Gasteiger partial charge in [-0.2, -0.15) is 13.2 Å². The van der Waals surface area contributed by atoms with Crippen LogP contribution in [-0.4, -0.2) is 32.4 Å². The van der Waals surface area contributed by atoms with E-state index in [1.165, 1.54) is 12.1 Å². The molecule has 192 valence electrons. The third-order valence-corrected chi connectivity index (χ3v) is 5.75. The predicted molar refractivity (Wildman–Crippen MR) is 139 cm³/mol. The first kappa shape index (κ1) is 24.8. The lowest BCUT2D eigenvalue weighted by Gasteiger charge is -2.20. The number of pyridine rings is 1. The Morgan fingerprint density at radius 1 is 0.974 bits per heavy atom. The van der Waals surface area contributed by atoms with E-state index in [0.717, 1.165) is 23.3 Å². The van der Waals surface area contributed by atoms with Crippen molar-refractivity contribution in [1.82, 2.24) is 19.4 Å². The van der Waals surface area contributed by atoms with Gasteiger partial charge in [0.2, 0.25) is 0 Å². The molecule has 0 bridgehead atoms. The third-order valence-electron chi connectivity index (χ3n) is 5.75. The molecule has 0 saturated heterocycles. The second-order valence-corrected chi connectivity index (χ2v) is 8.56. The average molecular weight is 518 g/mol. The molecule has 8 nitrogen and oxygen atoms in total. The molecule has 0 unspecified atom stereocenters. The first-order chi connectivity index (χ1) is 18.3. The number of urea groups is 1. The number of aromatic nitrogens is 4. The van der Waals surface area contributed by atoms with E-state index in [4.69, 9.17) is 4.98 Å². The summed E-state index contributed by atoms with van der Waals surface area (Å²) in [7, 11) is 1.93. The molecule has 0 aliphatic rings. The van der Waals surface area contributed by atoms with Crippen LogP contribution in [0.4, 0.5) is 35.2 Å². The Hall–Kier alpha value is -4.93. The van der Waals surface area contributed by atoms with Crippen LogP contribution in [0.15, 0.2) is 91.6 Å². The molecule has 0 radical (unpaired) electrons. The molecule has 3 aromatic heterocycles. The van der Waals surface area contributed by atoms with Crippen LogP contribution in [0.3, 0.4) is 0 Å². The van der Waals surface area contributed by atoms with Gasteiger partial charge in [0.15, 0.2) is 11.5 Å². The zero-order valence-electron chi connectivity index (χ0n) is 20.1. The number of benzene rings is 2. The smallest absolute Gasteiger partial charge is 0.352 e. The van der Waals surface area contributed by atoms with Gasteiger partial charge in [0.25, 0.3) is 0 Å². The maximum absolute atomic E-state index is 13.0. The first-order valence-electron chi connectivity index (χ1n) is 11.6. The van der Waals surface area contributed by atoms with Crippen molar-refractivity contribution in [2.45, 2.75) is 12.7 Å². The van der Waals surface area contributed by atoms with Crippen molar-refractivity contribution < 1.29 is 18.0 Å². The molecule has 0 atom stereocenters. The van der Waals surface area contributed by atoms with Gasteiger partial charge in [-0.3, -0.25) is 4.98 Å². The summed E-state index contributed by atoms with van der Waals surface area (Å²) in [5.41, 5.74) is 2.78. The van der Waals surface area contributed by atoms with Gasteiger partial charge >= 0.3 is 12.2 Å². The van der Waals surface area contributed by atoms with E-state index in [1.54, 1.807) is 36.8 Å². The molecular weight excluding hydrogens is 495 g/mol. The van der Waals surface area contributed by atoms with Gasteiger partial charge in [-0.05, 0) is 48.0 Å². The Morgan fingerprint density at radius 2 is 1.68 bits per heavy atom. The fourth-order valence-electron chi connectivity index (χ4n) is 3.97. The summed E-state index contributed by atoms with van der Waals surface area (Å²) in [5, 5.41) is 5.11. The number of hydrogen-bond donors (Lipinski definition) is 2. The molecule has 2 amide bonds. The van der Waals surface area contributed by atoms with Gasteiger partial charge in [-0.15, -0.1) is 0 Å². The van der Waals surface area contributed by atoms with E-state index in [9.17, 15) is 18.0 Å². The van der Waals surface area contributed by atoms with Gasteiger partial charge in [-0.25, -0.2) is 14.8 Å². The summed E-state index contributed by atoms with van der Waals surface area (Å²) >= 11 is 0. The Bertz CT molecular complexity index is 1580. The molecule has 38 heavy (non-hydrogen) atoms. The quantitative estimate of drug-likeness (QED) is 0.285. The second kappa shape index (κ2) is 10.2. The highest BCUT2D eigenvalue weighted by atomic mass is 19.4. The normalized spacial score (nSPS) is 11.4. The van der Waals surface area contributed by atoms with E-state index >= 15 is 0 Å². The topological polar surface area (TPSA) is 87.5 Å². The number of nitrogens with zero attached hydrogens (tertiary/aromatic N) is 5. The van der Waals surface area contributed by atoms with Gasteiger partial charge in [0.1, 0.15) is 0 Å². The van der Waals surface area contributed by atoms with E-state index in [2.05, 4.69) is 20.6 Å². The van der Waals surface area contributed by atoms with E-state index < -0.39 is 17.8 Å². The summed E-state index contributed by atoms with van der Waals surface area (Å²) in [5.74, 6) is 0.671. The number of alkyl halides is 3. The lowest BCUT2D eigenvalue weighted by atomic mass is 10.1. The number of amides is 2. The van der Waals surface area contributed by atoms with Crippen molar-refractivity contribution in [3.8, 4) is 11.3 Å². The Labute approximate surface area is 215 Å². The molecule has 5 aromatic rings. The van der Waals surface area contributed by atoms with Crippen LogP contribution in [0.1, 0.15) is 11.1 Å².